The Kier molecular flexibility index (Phi) is 4.48. The van der Waals surface area contributed by atoms with Gasteiger partial charge in [-0.3, -0.25) is 0 Å². The van der Waals surface area contributed by atoms with Crippen LogP contribution in [0.1, 0.15) is 32.0 Å². The van der Waals surface area contributed by atoms with E-state index in [0.29, 0.717) is 17.4 Å². The van der Waals surface area contributed by atoms with Crippen molar-refractivity contribution in [3.8, 4) is 17.4 Å². The summed E-state index contributed by atoms with van der Waals surface area (Å²) in [7, 11) is 1.60. The lowest BCUT2D eigenvalue weighted by Crippen LogP contribution is -2.14. The van der Waals surface area contributed by atoms with Gasteiger partial charge < -0.3 is 14.6 Å². The van der Waals surface area contributed by atoms with E-state index in [1.54, 1.807) is 13.2 Å². The smallest absolute Gasteiger partial charge is 0.220 e. The molecule has 0 bridgehead atoms. The minimum Gasteiger partial charge on any atom is -0.493 e. The molecule has 0 aliphatic heterocycles. The number of methoxy groups -OCH3 is 1. The van der Waals surface area contributed by atoms with E-state index in [4.69, 9.17) is 9.47 Å². The highest BCUT2D eigenvalue weighted by molar-refractivity contribution is 5.42. The molecule has 0 saturated heterocycles. The molecule has 1 aromatic carbocycles. The first-order chi connectivity index (χ1) is 9.94. The molecule has 0 unspecified atom stereocenters. The average Bonchev–Trinajstić information content (AvgIpc) is 2.46. The summed E-state index contributed by atoms with van der Waals surface area (Å²) in [6, 6.07) is 11.0. The van der Waals surface area contributed by atoms with Gasteiger partial charge in [0, 0.05) is 11.5 Å². The van der Waals surface area contributed by atoms with Crippen LogP contribution in [0, 0.1) is 0 Å². The number of hydrogen-bond acceptors (Lipinski definition) is 4. The Labute approximate surface area is 125 Å². The molecule has 0 saturated carbocycles. The Bertz CT molecular complexity index is 618. The summed E-state index contributed by atoms with van der Waals surface area (Å²) < 4.78 is 11.1. The predicted octanol–water partition coefficient (Wildman–Crippen LogP) is 3.67. The first-order valence-corrected chi connectivity index (χ1v) is 6.87. The second-order valence-electron chi connectivity index (χ2n) is 5.86. The van der Waals surface area contributed by atoms with Gasteiger partial charge >= 0.3 is 0 Å². The van der Waals surface area contributed by atoms with Crippen LogP contribution in [-0.4, -0.2) is 17.2 Å². The van der Waals surface area contributed by atoms with Gasteiger partial charge in [0.2, 0.25) is 5.88 Å². The van der Waals surface area contributed by atoms with E-state index in [-0.39, 0.29) is 12.0 Å². The van der Waals surface area contributed by atoms with Crippen LogP contribution in [0.5, 0.6) is 17.4 Å². The van der Waals surface area contributed by atoms with Crippen molar-refractivity contribution in [1.82, 2.24) is 4.98 Å². The van der Waals surface area contributed by atoms with E-state index in [2.05, 4.69) is 25.8 Å². The van der Waals surface area contributed by atoms with Crippen LogP contribution in [0.15, 0.2) is 36.4 Å². The zero-order valence-electron chi connectivity index (χ0n) is 12.9. The number of aromatic nitrogens is 1. The first-order valence-electron chi connectivity index (χ1n) is 6.87. The molecule has 1 aromatic heterocycles. The van der Waals surface area contributed by atoms with Gasteiger partial charge in [0.15, 0.2) is 11.5 Å². The molecule has 112 valence electrons. The quantitative estimate of drug-likeness (QED) is 0.932. The fourth-order valence-corrected chi connectivity index (χ4v) is 1.90. The lowest BCUT2D eigenvalue weighted by Gasteiger charge is -2.20. The van der Waals surface area contributed by atoms with Gasteiger partial charge in [0.25, 0.3) is 0 Å². The molecule has 4 nitrogen and oxygen atoms in total. The maximum atomic E-state index is 9.41. The summed E-state index contributed by atoms with van der Waals surface area (Å²) in [6.07, 6.45) is 0. The molecule has 4 heteroatoms. The van der Waals surface area contributed by atoms with E-state index in [1.165, 1.54) is 0 Å². The van der Waals surface area contributed by atoms with Crippen molar-refractivity contribution < 1.29 is 14.6 Å². The summed E-state index contributed by atoms with van der Waals surface area (Å²) in [5.41, 5.74) is 1.53. The predicted molar refractivity (Wildman–Crippen MR) is 81.9 cm³/mol. The van der Waals surface area contributed by atoms with E-state index < -0.39 is 0 Å². The molecule has 2 rings (SSSR count). The van der Waals surface area contributed by atoms with Crippen molar-refractivity contribution in [2.75, 3.05) is 7.11 Å². The Morgan fingerprint density at radius 3 is 2.33 bits per heavy atom. The summed E-state index contributed by atoms with van der Waals surface area (Å²) in [4.78, 5) is 4.53. The van der Waals surface area contributed by atoms with Crippen LogP contribution in [0.2, 0.25) is 0 Å². The monoisotopic (exact) mass is 287 g/mol. The first kappa shape index (κ1) is 15.3. The zero-order chi connectivity index (χ0) is 15.5. The van der Waals surface area contributed by atoms with Gasteiger partial charge in [-0.05, 0) is 23.8 Å². The molecule has 0 amide bonds. The number of rotatable bonds is 4. The van der Waals surface area contributed by atoms with Crippen molar-refractivity contribution in [1.29, 1.82) is 0 Å². The maximum absolute atomic E-state index is 9.41. The minimum absolute atomic E-state index is 0.0477. The van der Waals surface area contributed by atoms with Crippen LogP contribution in [0.3, 0.4) is 0 Å². The molecule has 0 fully saturated rings. The lowest BCUT2D eigenvalue weighted by molar-refractivity contribution is 0.280. The van der Waals surface area contributed by atoms with Gasteiger partial charge in [-0.15, -0.1) is 0 Å². The van der Waals surface area contributed by atoms with Gasteiger partial charge in [-0.2, -0.15) is 0 Å². The third kappa shape index (κ3) is 3.73. The third-order valence-corrected chi connectivity index (χ3v) is 3.10. The van der Waals surface area contributed by atoms with Crippen LogP contribution in [0.25, 0.3) is 0 Å². The molecule has 2 aromatic rings. The van der Waals surface area contributed by atoms with Crippen LogP contribution in [-0.2, 0) is 12.0 Å². The topological polar surface area (TPSA) is 51.6 Å². The normalized spacial score (nSPS) is 11.3. The molecule has 1 heterocycles. The highest BCUT2D eigenvalue weighted by Gasteiger charge is 2.18. The molecule has 0 aliphatic carbocycles. The van der Waals surface area contributed by atoms with Crippen molar-refractivity contribution >= 4 is 0 Å². The number of pyridine rings is 1. The Morgan fingerprint density at radius 2 is 1.76 bits per heavy atom. The Balaban J connectivity index is 2.39. The second kappa shape index (κ2) is 6.14. The zero-order valence-corrected chi connectivity index (χ0v) is 12.9. The van der Waals surface area contributed by atoms with Gasteiger partial charge in [-0.25, -0.2) is 4.98 Å². The molecular weight excluding hydrogens is 266 g/mol. The number of aliphatic hydroxyl groups is 1. The van der Waals surface area contributed by atoms with Crippen molar-refractivity contribution in [3.63, 3.8) is 0 Å². The molecule has 0 aliphatic rings. The minimum atomic E-state index is -0.121. The van der Waals surface area contributed by atoms with E-state index >= 15 is 0 Å². The number of hydrogen-bond donors (Lipinski definition) is 1. The molecule has 0 atom stereocenters. The van der Waals surface area contributed by atoms with Crippen LogP contribution < -0.4 is 9.47 Å². The van der Waals surface area contributed by atoms with Gasteiger partial charge in [0.1, 0.15) is 0 Å². The number of nitrogens with zero attached hydrogens (tertiary/aromatic N) is 1. The average molecular weight is 287 g/mol. The van der Waals surface area contributed by atoms with Gasteiger partial charge in [0.05, 0.1) is 19.4 Å². The summed E-state index contributed by atoms with van der Waals surface area (Å²) in [6.45, 7) is 6.17. The van der Waals surface area contributed by atoms with Crippen molar-refractivity contribution in [2.45, 2.75) is 32.8 Å². The number of para-hydroxylation sites is 2. The number of ether oxygens (including phenoxy) is 2. The summed E-state index contributed by atoms with van der Waals surface area (Å²) in [5, 5.41) is 9.41. The maximum Gasteiger partial charge on any atom is 0.220 e. The van der Waals surface area contributed by atoms with Gasteiger partial charge in [-0.1, -0.05) is 32.9 Å². The Hall–Kier alpha value is -2.07. The van der Waals surface area contributed by atoms with E-state index in [9.17, 15) is 5.11 Å². The highest BCUT2D eigenvalue weighted by atomic mass is 16.5. The fraction of sp³-hybridized carbons (Fsp3) is 0.353. The van der Waals surface area contributed by atoms with E-state index in [0.717, 1.165) is 11.3 Å². The van der Waals surface area contributed by atoms with Crippen LogP contribution in [0.4, 0.5) is 0 Å². The molecule has 21 heavy (non-hydrogen) atoms. The molecular formula is C17H21NO3. The highest BCUT2D eigenvalue weighted by Crippen LogP contribution is 2.32. The number of aliphatic hydroxyl groups excluding tert-OH is 1. The lowest BCUT2D eigenvalue weighted by atomic mass is 9.91. The Morgan fingerprint density at radius 1 is 1.10 bits per heavy atom. The molecule has 1 N–H and O–H groups in total. The molecule has 0 spiro atoms. The van der Waals surface area contributed by atoms with E-state index in [1.807, 2.05) is 30.3 Å². The standard InChI is InChI=1S/C17H21NO3/c1-17(2,3)15-9-12(11-19)10-16(18-15)21-14-8-6-5-7-13(14)20-4/h5-10,19H,11H2,1-4H3. The molecule has 0 radical (unpaired) electrons. The summed E-state index contributed by atoms with van der Waals surface area (Å²) >= 11 is 0. The SMILES string of the molecule is COc1ccccc1Oc1cc(CO)cc(C(C)(C)C)n1. The largest absolute Gasteiger partial charge is 0.493 e. The fourth-order valence-electron chi connectivity index (χ4n) is 1.90. The van der Waals surface area contributed by atoms with Crippen LogP contribution >= 0.6 is 0 Å². The number of benzene rings is 1. The second-order valence-corrected chi connectivity index (χ2v) is 5.86. The third-order valence-electron chi connectivity index (χ3n) is 3.10. The van der Waals surface area contributed by atoms with Crippen molar-refractivity contribution in [2.24, 2.45) is 0 Å². The summed E-state index contributed by atoms with van der Waals surface area (Å²) in [5.74, 6) is 1.70. The van der Waals surface area contributed by atoms with Crippen molar-refractivity contribution in [3.05, 3.63) is 47.7 Å².